The van der Waals surface area contributed by atoms with Crippen molar-refractivity contribution in [1.82, 2.24) is 0 Å². The van der Waals surface area contributed by atoms with Gasteiger partial charge in [0.15, 0.2) is 5.79 Å². The monoisotopic (exact) mass is 506 g/mol. The topological polar surface area (TPSA) is 68.2 Å². The van der Waals surface area contributed by atoms with Crippen LogP contribution in [0.15, 0.2) is 35.4 Å². The summed E-state index contributed by atoms with van der Waals surface area (Å²) < 4.78 is 18.2. The Balaban J connectivity index is 1.43. The Hall–Kier alpha value is -1.84. The molecule has 6 atom stereocenters. The first-order valence-corrected chi connectivity index (χ1v) is 14.0. The number of terminal acetylenes is 1. The molecule has 4 aliphatic carbocycles. The van der Waals surface area contributed by atoms with Crippen LogP contribution < -0.4 is 4.74 Å². The minimum Gasteiger partial charge on any atom is -0.497 e. The van der Waals surface area contributed by atoms with Crippen molar-refractivity contribution >= 4 is 0 Å². The molecule has 1 aromatic rings. The van der Waals surface area contributed by atoms with Gasteiger partial charge in [0.2, 0.25) is 0 Å². The zero-order valence-corrected chi connectivity index (χ0v) is 22.8. The van der Waals surface area contributed by atoms with Gasteiger partial charge in [-0.2, -0.15) is 0 Å². The first-order chi connectivity index (χ1) is 17.5. The van der Waals surface area contributed by atoms with E-state index in [-0.39, 0.29) is 16.7 Å². The second-order valence-electron chi connectivity index (χ2n) is 13.5. The minimum absolute atomic E-state index is 0.00610. The van der Waals surface area contributed by atoms with Gasteiger partial charge in [-0.3, -0.25) is 0 Å². The van der Waals surface area contributed by atoms with E-state index >= 15 is 0 Å². The van der Waals surface area contributed by atoms with Crippen molar-refractivity contribution in [3.8, 4) is 18.1 Å². The Kier molecular flexibility index (Phi) is 5.73. The van der Waals surface area contributed by atoms with Crippen LogP contribution in [0.4, 0.5) is 0 Å². The highest BCUT2D eigenvalue weighted by molar-refractivity contribution is 5.45. The normalized spacial score (nSPS) is 41.9. The molecule has 2 N–H and O–H groups in total. The molecule has 0 bridgehead atoms. The number of allylic oxidation sites excluding steroid dienone is 1. The highest BCUT2D eigenvalue weighted by Crippen LogP contribution is 2.67. The van der Waals surface area contributed by atoms with Crippen LogP contribution in [-0.2, 0) is 9.47 Å². The van der Waals surface area contributed by atoms with Crippen LogP contribution in [-0.4, -0.2) is 47.5 Å². The number of hydrogen-bond donors (Lipinski definition) is 2. The maximum Gasteiger partial charge on any atom is 0.171 e. The lowest BCUT2D eigenvalue weighted by molar-refractivity contribution is -0.322. The second kappa shape index (κ2) is 8.33. The van der Waals surface area contributed by atoms with Crippen molar-refractivity contribution < 1.29 is 24.4 Å². The molecule has 6 rings (SSSR count). The van der Waals surface area contributed by atoms with Crippen LogP contribution in [0.3, 0.4) is 0 Å². The van der Waals surface area contributed by atoms with E-state index in [0.717, 1.165) is 37.9 Å². The zero-order valence-electron chi connectivity index (χ0n) is 22.8. The fourth-order valence-corrected chi connectivity index (χ4v) is 8.63. The smallest absolute Gasteiger partial charge is 0.171 e. The van der Waals surface area contributed by atoms with Crippen molar-refractivity contribution in [3.63, 3.8) is 0 Å². The molecule has 37 heavy (non-hydrogen) atoms. The standard InChI is InChI=1S/C32H42O5/c1-6-31(34)15-12-25-23-11-14-30(33)18-32(36-19-28(2,3)20-37-32)16-13-26(30)27(23)24(17-29(25,31)4)21-7-9-22(35-5)10-8-21/h1,7-10,23-25,33-34H,11-20H2,2-5H3/t23-,24+,25-,29+,30+,31+/m0/s1. The summed E-state index contributed by atoms with van der Waals surface area (Å²) in [5.41, 5.74) is 1.40. The van der Waals surface area contributed by atoms with E-state index in [2.05, 4.69) is 38.8 Å². The number of aliphatic hydroxyl groups is 2. The summed E-state index contributed by atoms with van der Waals surface area (Å²) in [6.45, 7) is 7.83. The van der Waals surface area contributed by atoms with Gasteiger partial charge in [0, 0.05) is 29.6 Å². The highest BCUT2D eigenvalue weighted by Gasteiger charge is 2.64. The summed E-state index contributed by atoms with van der Waals surface area (Å²) >= 11 is 0. The molecule has 5 nitrogen and oxygen atoms in total. The lowest BCUT2D eigenvalue weighted by Gasteiger charge is -2.58. The van der Waals surface area contributed by atoms with Crippen LogP contribution >= 0.6 is 0 Å². The van der Waals surface area contributed by atoms with E-state index in [4.69, 9.17) is 20.6 Å². The molecule has 5 aliphatic rings. The van der Waals surface area contributed by atoms with E-state index in [1.807, 2.05) is 12.1 Å². The maximum absolute atomic E-state index is 12.3. The average molecular weight is 507 g/mol. The summed E-state index contributed by atoms with van der Waals surface area (Å²) in [6.07, 6.45) is 12.0. The van der Waals surface area contributed by atoms with Crippen LogP contribution in [0, 0.1) is 35.0 Å². The number of hydrogen-bond acceptors (Lipinski definition) is 5. The highest BCUT2D eigenvalue weighted by atomic mass is 16.7. The molecule has 5 heteroatoms. The van der Waals surface area contributed by atoms with Gasteiger partial charge < -0.3 is 24.4 Å². The third kappa shape index (κ3) is 3.74. The Morgan fingerprint density at radius 1 is 1.00 bits per heavy atom. The molecule has 0 aromatic heterocycles. The van der Waals surface area contributed by atoms with Gasteiger partial charge in [0.1, 0.15) is 11.4 Å². The Morgan fingerprint density at radius 3 is 2.35 bits per heavy atom. The molecular formula is C32H42O5. The lowest BCUT2D eigenvalue weighted by atomic mass is 9.49. The van der Waals surface area contributed by atoms with Gasteiger partial charge in [0.05, 0.1) is 25.9 Å². The van der Waals surface area contributed by atoms with Gasteiger partial charge in [0.25, 0.3) is 0 Å². The number of benzene rings is 1. The third-order valence-electron chi connectivity index (χ3n) is 10.8. The number of rotatable bonds is 2. The minimum atomic E-state index is -1.10. The molecule has 1 saturated heterocycles. The van der Waals surface area contributed by atoms with Gasteiger partial charge in [-0.25, -0.2) is 0 Å². The predicted octanol–water partition coefficient (Wildman–Crippen LogP) is 5.35. The van der Waals surface area contributed by atoms with Crippen LogP contribution in [0.2, 0.25) is 0 Å². The molecule has 0 radical (unpaired) electrons. The fourth-order valence-electron chi connectivity index (χ4n) is 8.63. The molecule has 1 spiro atoms. The van der Waals surface area contributed by atoms with Crippen molar-refractivity contribution in [2.24, 2.45) is 22.7 Å². The first-order valence-electron chi connectivity index (χ1n) is 14.0. The maximum atomic E-state index is 12.3. The Morgan fingerprint density at radius 2 is 1.70 bits per heavy atom. The van der Waals surface area contributed by atoms with Crippen LogP contribution in [0.25, 0.3) is 0 Å². The van der Waals surface area contributed by atoms with Crippen molar-refractivity contribution in [2.45, 2.75) is 95.0 Å². The molecule has 200 valence electrons. The van der Waals surface area contributed by atoms with E-state index < -0.39 is 17.0 Å². The van der Waals surface area contributed by atoms with Gasteiger partial charge in [-0.05, 0) is 73.6 Å². The fraction of sp³-hybridized carbons (Fsp3) is 0.688. The summed E-state index contributed by atoms with van der Waals surface area (Å²) in [7, 11) is 1.68. The van der Waals surface area contributed by atoms with Crippen molar-refractivity contribution in [2.75, 3.05) is 20.3 Å². The quantitative estimate of drug-likeness (QED) is 0.418. The van der Waals surface area contributed by atoms with Gasteiger partial charge >= 0.3 is 0 Å². The molecule has 0 unspecified atom stereocenters. The van der Waals surface area contributed by atoms with Crippen molar-refractivity contribution in [1.29, 1.82) is 0 Å². The summed E-state index contributed by atoms with van der Waals surface area (Å²) in [5.74, 6) is 3.66. The van der Waals surface area contributed by atoms with Gasteiger partial charge in [-0.15, -0.1) is 6.42 Å². The van der Waals surface area contributed by atoms with Gasteiger partial charge in [-0.1, -0.05) is 44.4 Å². The van der Waals surface area contributed by atoms with E-state index in [1.165, 1.54) is 16.7 Å². The first kappa shape index (κ1) is 25.4. The number of fused-ring (bicyclic) bond motifs is 4. The largest absolute Gasteiger partial charge is 0.497 e. The van der Waals surface area contributed by atoms with E-state index in [1.54, 1.807) is 7.11 Å². The molecule has 3 saturated carbocycles. The molecule has 1 heterocycles. The summed E-state index contributed by atoms with van der Waals surface area (Å²) in [6, 6.07) is 8.33. The molecule has 4 fully saturated rings. The Labute approximate surface area is 221 Å². The SMILES string of the molecule is C#C[C@@]1(O)CC[C@H]2[C@@H]3CC[C@@]4(O)CC5(CCC4=C3[C@@H](c3ccc(OC)cc3)C[C@]21C)OCC(C)(C)CO5. The average Bonchev–Trinajstić information content (AvgIpc) is 3.16. The summed E-state index contributed by atoms with van der Waals surface area (Å²) in [5, 5.41) is 23.9. The molecular weight excluding hydrogens is 464 g/mol. The number of ether oxygens (including phenoxy) is 3. The third-order valence-corrected chi connectivity index (χ3v) is 10.8. The predicted molar refractivity (Wildman–Crippen MR) is 142 cm³/mol. The van der Waals surface area contributed by atoms with E-state index in [9.17, 15) is 10.2 Å². The zero-order chi connectivity index (χ0) is 26.3. The summed E-state index contributed by atoms with van der Waals surface area (Å²) in [4.78, 5) is 0. The van der Waals surface area contributed by atoms with Crippen LogP contribution in [0.1, 0.15) is 83.6 Å². The van der Waals surface area contributed by atoms with E-state index in [0.29, 0.717) is 44.3 Å². The molecule has 0 amide bonds. The Bertz CT molecular complexity index is 1130. The molecule has 1 aliphatic heterocycles. The van der Waals surface area contributed by atoms with Crippen molar-refractivity contribution in [3.05, 3.63) is 41.0 Å². The van der Waals surface area contributed by atoms with Crippen LogP contribution in [0.5, 0.6) is 5.75 Å². The molecule has 1 aromatic carbocycles. The lowest BCUT2D eigenvalue weighted by Crippen LogP contribution is -2.58. The second-order valence-corrected chi connectivity index (χ2v) is 13.5. The number of methoxy groups -OCH3 is 1.